The van der Waals surface area contributed by atoms with Crippen molar-refractivity contribution < 1.29 is 9.47 Å². The van der Waals surface area contributed by atoms with Crippen molar-refractivity contribution in [2.24, 2.45) is 4.99 Å². The number of halogens is 1. The van der Waals surface area contributed by atoms with Crippen LogP contribution in [0.5, 0.6) is 5.88 Å². The summed E-state index contributed by atoms with van der Waals surface area (Å²) in [5, 5.41) is 6.77. The molecule has 2 aliphatic rings. The molecule has 3 rings (SSSR count). The Morgan fingerprint density at radius 2 is 2.07 bits per heavy atom. The van der Waals surface area contributed by atoms with E-state index in [9.17, 15) is 0 Å². The van der Waals surface area contributed by atoms with E-state index in [0.29, 0.717) is 12.6 Å². The van der Waals surface area contributed by atoms with Crippen LogP contribution in [0.4, 0.5) is 0 Å². The summed E-state index contributed by atoms with van der Waals surface area (Å²) in [6.45, 7) is 9.28. The zero-order valence-electron chi connectivity index (χ0n) is 17.6. The Bertz CT molecular complexity index is 604. The number of pyridine rings is 1. The van der Waals surface area contributed by atoms with Gasteiger partial charge in [0.25, 0.3) is 0 Å². The fourth-order valence-corrected chi connectivity index (χ4v) is 3.65. The van der Waals surface area contributed by atoms with Crippen molar-refractivity contribution in [3.63, 3.8) is 0 Å². The fourth-order valence-electron chi connectivity index (χ4n) is 3.65. The lowest BCUT2D eigenvalue weighted by molar-refractivity contribution is 0.0376. The second-order valence-corrected chi connectivity index (χ2v) is 7.42. The third-order valence-electron chi connectivity index (χ3n) is 5.23. The molecule has 0 radical (unpaired) electrons. The van der Waals surface area contributed by atoms with Crippen molar-refractivity contribution in [1.82, 2.24) is 20.5 Å². The van der Waals surface area contributed by atoms with Crippen molar-refractivity contribution >= 4 is 29.9 Å². The Kier molecular flexibility index (Phi) is 11.6. The van der Waals surface area contributed by atoms with E-state index < -0.39 is 0 Å². The van der Waals surface area contributed by atoms with E-state index in [-0.39, 0.29) is 24.0 Å². The molecule has 1 saturated heterocycles. The highest BCUT2D eigenvalue weighted by Gasteiger charge is 2.18. The molecule has 7 nitrogen and oxygen atoms in total. The van der Waals surface area contributed by atoms with Crippen LogP contribution >= 0.6 is 24.0 Å². The molecule has 2 heterocycles. The molecule has 0 spiro atoms. The number of hydrogen-bond acceptors (Lipinski definition) is 5. The normalized spacial score (nSPS) is 18.3. The molecule has 1 aromatic rings. The predicted octanol–water partition coefficient (Wildman–Crippen LogP) is 2.80. The first-order valence-electron chi connectivity index (χ1n) is 10.8. The van der Waals surface area contributed by atoms with Gasteiger partial charge in [0, 0.05) is 37.9 Å². The van der Waals surface area contributed by atoms with Gasteiger partial charge in [-0.05, 0) is 51.6 Å². The van der Waals surface area contributed by atoms with Gasteiger partial charge in [0.05, 0.1) is 19.8 Å². The molecule has 0 atom stereocenters. The summed E-state index contributed by atoms with van der Waals surface area (Å²) in [6.07, 6.45) is 7.97. The van der Waals surface area contributed by atoms with Gasteiger partial charge in [0.2, 0.25) is 5.88 Å². The lowest BCUT2D eigenvalue weighted by Crippen LogP contribution is -2.40. The maximum absolute atomic E-state index is 6.13. The second-order valence-electron chi connectivity index (χ2n) is 7.42. The molecule has 2 fully saturated rings. The Morgan fingerprint density at radius 1 is 1.28 bits per heavy atom. The summed E-state index contributed by atoms with van der Waals surface area (Å²) in [5.41, 5.74) is 1.04. The summed E-state index contributed by atoms with van der Waals surface area (Å²) < 4.78 is 11.5. The maximum Gasteiger partial charge on any atom is 0.218 e. The smallest absolute Gasteiger partial charge is 0.218 e. The number of aliphatic imine (C=N–C) groups is 1. The highest BCUT2D eigenvalue weighted by Crippen LogP contribution is 2.25. The van der Waals surface area contributed by atoms with Crippen LogP contribution in [0.3, 0.4) is 0 Å². The van der Waals surface area contributed by atoms with E-state index in [4.69, 9.17) is 14.5 Å². The Morgan fingerprint density at radius 3 is 2.83 bits per heavy atom. The second kappa shape index (κ2) is 14.0. The van der Waals surface area contributed by atoms with Crippen molar-refractivity contribution in [3.05, 3.63) is 23.9 Å². The minimum Gasteiger partial charge on any atom is -0.474 e. The first kappa shape index (κ1) is 24.1. The number of aromatic nitrogens is 1. The summed E-state index contributed by atoms with van der Waals surface area (Å²) in [6, 6.07) is 4.01. The van der Waals surface area contributed by atoms with Crippen LogP contribution in [0, 0.1) is 0 Å². The molecule has 1 aliphatic carbocycles. The van der Waals surface area contributed by atoms with Crippen molar-refractivity contribution in [2.45, 2.75) is 51.7 Å². The van der Waals surface area contributed by atoms with Crippen molar-refractivity contribution in [3.8, 4) is 5.88 Å². The molecule has 1 aliphatic heterocycles. The van der Waals surface area contributed by atoms with Gasteiger partial charge >= 0.3 is 0 Å². The van der Waals surface area contributed by atoms with E-state index in [1.54, 1.807) is 6.20 Å². The van der Waals surface area contributed by atoms with Crippen LogP contribution in [0.2, 0.25) is 0 Å². The summed E-state index contributed by atoms with van der Waals surface area (Å²) in [5.74, 6) is 1.58. The quantitative estimate of drug-likeness (QED) is 0.227. The highest BCUT2D eigenvalue weighted by molar-refractivity contribution is 14.0. The van der Waals surface area contributed by atoms with Crippen LogP contribution in [-0.2, 0) is 11.3 Å². The molecule has 2 N–H and O–H groups in total. The molecule has 0 bridgehead atoms. The number of morpholine rings is 1. The molecule has 164 valence electrons. The van der Waals surface area contributed by atoms with E-state index >= 15 is 0 Å². The topological polar surface area (TPSA) is 71.0 Å². The number of guanidine groups is 1. The SMILES string of the molecule is CCNC(=NCc1cccnc1OC1CCCC1)NCCCN1CCOCC1.I. The summed E-state index contributed by atoms with van der Waals surface area (Å²) in [4.78, 5) is 11.6. The van der Waals surface area contributed by atoms with Gasteiger partial charge in [-0.3, -0.25) is 4.90 Å². The minimum absolute atomic E-state index is 0. The van der Waals surface area contributed by atoms with Crippen LogP contribution < -0.4 is 15.4 Å². The molecular weight excluding hydrogens is 481 g/mol. The molecule has 8 heteroatoms. The van der Waals surface area contributed by atoms with E-state index in [2.05, 4.69) is 33.5 Å². The zero-order valence-corrected chi connectivity index (χ0v) is 19.9. The number of rotatable bonds is 9. The first-order chi connectivity index (χ1) is 13.8. The van der Waals surface area contributed by atoms with E-state index in [1.165, 1.54) is 12.8 Å². The van der Waals surface area contributed by atoms with Crippen LogP contribution in [0.25, 0.3) is 0 Å². The van der Waals surface area contributed by atoms with Crippen molar-refractivity contribution in [2.75, 3.05) is 45.9 Å². The Balaban J connectivity index is 0.00000300. The highest BCUT2D eigenvalue weighted by atomic mass is 127. The average molecular weight is 517 g/mol. The number of nitrogens with one attached hydrogen (secondary N) is 2. The molecule has 0 aromatic carbocycles. The number of nitrogens with zero attached hydrogens (tertiary/aromatic N) is 3. The van der Waals surface area contributed by atoms with Crippen molar-refractivity contribution in [1.29, 1.82) is 0 Å². The van der Waals surface area contributed by atoms with Crippen LogP contribution in [-0.4, -0.2) is 67.9 Å². The molecule has 0 unspecified atom stereocenters. The van der Waals surface area contributed by atoms with E-state index in [0.717, 1.165) is 82.6 Å². The van der Waals surface area contributed by atoms with Gasteiger partial charge in [-0.1, -0.05) is 6.07 Å². The summed E-state index contributed by atoms with van der Waals surface area (Å²) >= 11 is 0. The lowest BCUT2D eigenvalue weighted by atomic mass is 10.2. The van der Waals surface area contributed by atoms with Gasteiger partial charge in [0.15, 0.2) is 5.96 Å². The van der Waals surface area contributed by atoms with Gasteiger partial charge in [-0.25, -0.2) is 9.98 Å². The number of hydrogen-bond donors (Lipinski definition) is 2. The fraction of sp³-hybridized carbons (Fsp3) is 0.714. The first-order valence-corrected chi connectivity index (χ1v) is 10.8. The Hall–Kier alpha value is -1.13. The third kappa shape index (κ3) is 8.64. The monoisotopic (exact) mass is 517 g/mol. The maximum atomic E-state index is 6.13. The zero-order chi connectivity index (χ0) is 19.4. The molecular formula is C21H36IN5O2. The predicted molar refractivity (Wildman–Crippen MR) is 127 cm³/mol. The van der Waals surface area contributed by atoms with E-state index in [1.807, 2.05) is 6.07 Å². The summed E-state index contributed by atoms with van der Waals surface area (Å²) in [7, 11) is 0. The Labute approximate surface area is 192 Å². The molecule has 1 aromatic heterocycles. The largest absolute Gasteiger partial charge is 0.474 e. The van der Waals surface area contributed by atoms with Gasteiger partial charge in [-0.15, -0.1) is 24.0 Å². The van der Waals surface area contributed by atoms with Gasteiger partial charge in [-0.2, -0.15) is 0 Å². The van der Waals surface area contributed by atoms with Gasteiger partial charge in [0.1, 0.15) is 6.10 Å². The lowest BCUT2D eigenvalue weighted by Gasteiger charge is -2.26. The van der Waals surface area contributed by atoms with Crippen LogP contribution in [0.15, 0.2) is 23.3 Å². The standard InChI is InChI=1S/C21H35N5O2.HI/c1-2-22-21(24-11-6-12-26-13-15-27-16-14-26)25-17-18-7-5-10-23-20(18)28-19-8-3-4-9-19;/h5,7,10,19H,2-4,6,8-9,11-17H2,1H3,(H2,22,24,25);1H. The van der Waals surface area contributed by atoms with Crippen LogP contribution in [0.1, 0.15) is 44.6 Å². The number of ether oxygens (including phenoxy) is 2. The molecule has 1 saturated carbocycles. The van der Waals surface area contributed by atoms with Gasteiger partial charge < -0.3 is 20.1 Å². The minimum atomic E-state index is 0. The molecule has 29 heavy (non-hydrogen) atoms. The average Bonchev–Trinajstić information content (AvgIpc) is 3.24. The molecule has 0 amide bonds. The third-order valence-corrected chi connectivity index (χ3v) is 5.23.